The van der Waals surface area contributed by atoms with E-state index in [4.69, 9.17) is 16.4 Å². The Kier molecular flexibility index (Phi) is 3.70. The number of cyclic esters (lactones) is 1. The molecule has 0 radical (unpaired) electrons. The molecular formula is C8H8ClN3O3S. The lowest BCUT2D eigenvalue weighted by Crippen LogP contribution is -2.25. The van der Waals surface area contributed by atoms with Crippen molar-refractivity contribution < 1.29 is 14.4 Å². The Bertz CT molecular complexity index is 420. The number of hydrogen-bond acceptors (Lipinski definition) is 6. The summed E-state index contributed by atoms with van der Waals surface area (Å²) in [5, 5.41) is 0. The number of amides is 1. The number of hydrogen-bond donors (Lipinski definition) is 1. The van der Waals surface area contributed by atoms with Crippen molar-refractivity contribution >= 4 is 34.9 Å². The second-order valence-corrected chi connectivity index (χ2v) is 4.59. The largest absolute Gasteiger partial charge is 0.440 e. The third-order valence-corrected chi connectivity index (χ3v) is 2.90. The van der Waals surface area contributed by atoms with E-state index in [1.54, 1.807) is 6.20 Å². The van der Waals surface area contributed by atoms with Crippen LogP contribution in [-0.2, 0) is 16.0 Å². The van der Waals surface area contributed by atoms with Gasteiger partial charge in [-0.2, -0.15) is 4.99 Å². The van der Waals surface area contributed by atoms with Gasteiger partial charge in [0.05, 0.1) is 6.61 Å². The molecule has 0 bridgehead atoms. The van der Waals surface area contributed by atoms with E-state index >= 15 is 0 Å². The molecule has 0 unspecified atom stereocenters. The first-order chi connectivity index (χ1) is 7.74. The first-order valence-electron chi connectivity index (χ1n) is 4.46. The predicted molar refractivity (Wildman–Crippen MR) is 58.7 cm³/mol. The zero-order chi connectivity index (χ0) is 11.4. The van der Waals surface area contributed by atoms with Gasteiger partial charge in [0.1, 0.15) is 0 Å². The summed E-state index contributed by atoms with van der Waals surface area (Å²) in [7, 11) is 0. The monoisotopic (exact) mass is 261 g/mol. The molecule has 1 aromatic rings. The summed E-state index contributed by atoms with van der Waals surface area (Å²) in [6.45, 7) is 0.566. The fourth-order valence-electron chi connectivity index (χ4n) is 1.04. The van der Waals surface area contributed by atoms with Crippen molar-refractivity contribution in [2.24, 2.45) is 4.99 Å². The number of aliphatic imine (C=N–C) groups is 1. The molecule has 8 heteroatoms. The number of nitrogens with one attached hydrogen (secondary N) is 1. The SMILES string of the molecule is O=C1N=C(NOCCc2cnc(Cl)s2)CO1. The van der Waals surface area contributed by atoms with Gasteiger partial charge in [0.2, 0.25) is 0 Å². The molecule has 0 aromatic carbocycles. The summed E-state index contributed by atoms with van der Waals surface area (Å²) in [5.41, 5.74) is 2.54. The van der Waals surface area contributed by atoms with E-state index < -0.39 is 6.09 Å². The first-order valence-corrected chi connectivity index (χ1v) is 5.66. The Morgan fingerprint density at radius 3 is 3.19 bits per heavy atom. The summed E-state index contributed by atoms with van der Waals surface area (Å²) in [6, 6.07) is 0. The number of aromatic nitrogens is 1. The molecule has 16 heavy (non-hydrogen) atoms. The van der Waals surface area contributed by atoms with Crippen molar-refractivity contribution in [3.8, 4) is 0 Å². The number of carbonyl (C=O) groups is 1. The third kappa shape index (κ3) is 3.16. The average molecular weight is 262 g/mol. The van der Waals surface area contributed by atoms with E-state index in [2.05, 4.69) is 20.2 Å². The molecule has 1 N–H and O–H groups in total. The van der Waals surface area contributed by atoms with Crippen molar-refractivity contribution in [2.75, 3.05) is 13.2 Å². The van der Waals surface area contributed by atoms with Gasteiger partial charge in [-0.05, 0) is 0 Å². The van der Waals surface area contributed by atoms with Gasteiger partial charge in [-0.3, -0.25) is 4.84 Å². The first kappa shape index (κ1) is 11.3. The molecule has 1 aliphatic rings. The Balaban J connectivity index is 1.65. The number of halogens is 1. The second kappa shape index (κ2) is 5.24. The van der Waals surface area contributed by atoms with E-state index in [1.165, 1.54) is 11.3 Å². The Hall–Kier alpha value is -1.18. The Labute approximate surface area is 100 Å². The summed E-state index contributed by atoms with van der Waals surface area (Å²) in [4.78, 5) is 24.1. The van der Waals surface area contributed by atoms with Crippen LogP contribution in [0.25, 0.3) is 0 Å². The number of carbonyl (C=O) groups excluding carboxylic acids is 1. The number of ether oxygens (including phenoxy) is 1. The molecule has 1 aromatic heterocycles. The van der Waals surface area contributed by atoms with E-state index in [9.17, 15) is 4.79 Å². The van der Waals surface area contributed by atoms with E-state index in [-0.39, 0.29) is 6.61 Å². The van der Waals surface area contributed by atoms with Crippen LogP contribution in [0.4, 0.5) is 4.79 Å². The highest BCUT2D eigenvalue weighted by atomic mass is 35.5. The van der Waals surface area contributed by atoms with Gasteiger partial charge < -0.3 is 4.74 Å². The maximum atomic E-state index is 10.6. The van der Waals surface area contributed by atoms with Crippen molar-refractivity contribution in [2.45, 2.75) is 6.42 Å². The van der Waals surface area contributed by atoms with Crippen molar-refractivity contribution in [1.29, 1.82) is 0 Å². The Morgan fingerprint density at radius 1 is 1.69 bits per heavy atom. The van der Waals surface area contributed by atoms with Crippen LogP contribution in [-0.4, -0.2) is 30.1 Å². The van der Waals surface area contributed by atoms with E-state index in [0.717, 1.165) is 4.88 Å². The van der Waals surface area contributed by atoms with Crippen LogP contribution in [0.3, 0.4) is 0 Å². The van der Waals surface area contributed by atoms with Crippen LogP contribution in [0.2, 0.25) is 4.47 Å². The fourth-order valence-corrected chi connectivity index (χ4v) is 2.00. The lowest BCUT2D eigenvalue weighted by molar-refractivity contribution is 0.0852. The molecular weight excluding hydrogens is 254 g/mol. The number of hydroxylamine groups is 1. The molecule has 1 aliphatic heterocycles. The minimum Gasteiger partial charge on any atom is -0.440 e. The van der Waals surface area contributed by atoms with Crippen LogP contribution in [0.1, 0.15) is 4.88 Å². The van der Waals surface area contributed by atoms with Crippen LogP contribution >= 0.6 is 22.9 Å². The lowest BCUT2D eigenvalue weighted by Gasteiger charge is -2.03. The number of rotatable bonds is 4. The summed E-state index contributed by atoms with van der Waals surface area (Å²) < 4.78 is 5.09. The molecule has 6 nitrogen and oxygen atoms in total. The highest BCUT2D eigenvalue weighted by Gasteiger charge is 2.14. The van der Waals surface area contributed by atoms with Crippen LogP contribution < -0.4 is 5.48 Å². The van der Waals surface area contributed by atoms with Crippen molar-refractivity contribution in [3.05, 3.63) is 15.5 Å². The minimum absolute atomic E-state index is 0.130. The molecule has 0 aliphatic carbocycles. The van der Waals surface area contributed by atoms with Gasteiger partial charge in [-0.25, -0.2) is 15.3 Å². The predicted octanol–water partition coefficient (Wildman–Crippen LogP) is 1.41. The fraction of sp³-hybridized carbons (Fsp3) is 0.375. The van der Waals surface area contributed by atoms with Gasteiger partial charge in [-0.1, -0.05) is 11.6 Å². The number of thiazole rings is 1. The molecule has 2 heterocycles. The van der Waals surface area contributed by atoms with Gasteiger partial charge >= 0.3 is 6.09 Å². The van der Waals surface area contributed by atoms with Crippen LogP contribution in [0, 0.1) is 0 Å². The number of nitrogens with zero attached hydrogens (tertiary/aromatic N) is 2. The van der Waals surface area contributed by atoms with Crippen LogP contribution in [0.5, 0.6) is 0 Å². The normalized spacial score (nSPS) is 14.8. The summed E-state index contributed by atoms with van der Waals surface area (Å²) in [5.74, 6) is 0.382. The Morgan fingerprint density at radius 2 is 2.56 bits per heavy atom. The lowest BCUT2D eigenvalue weighted by atomic mass is 10.4. The van der Waals surface area contributed by atoms with Crippen molar-refractivity contribution in [1.82, 2.24) is 10.5 Å². The second-order valence-electron chi connectivity index (χ2n) is 2.89. The molecule has 0 fully saturated rings. The zero-order valence-electron chi connectivity index (χ0n) is 8.10. The van der Waals surface area contributed by atoms with Gasteiger partial charge in [0, 0.05) is 17.5 Å². The van der Waals surface area contributed by atoms with Gasteiger partial charge in [0.25, 0.3) is 0 Å². The molecule has 0 spiro atoms. The molecule has 1 amide bonds. The standard InChI is InChI=1S/C8H8ClN3O3S/c9-7-10-3-5(16-7)1-2-15-12-6-4-14-8(13)11-6/h3H,1-2,4H2,(H,11,12,13). The maximum Gasteiger partial charge on any atom is 0.435 e. The van der Waals surface area contributed by atoms with Gasteiger partial charge in [-0.15, -0.1) is 11.3 Å². The third-order valence-electron chi connectivity index (χ3n) is 1.72. The average Bonchev–Trinajstić information content (AvgIpc) is 2.83. The summed E-state index contributed by atoms with van der Waals surface area (Å²) >= 11 is 7.08. The molecule has 0 saturated heterocycles. The minimum atomic E-state index is -0.597. The zero-order valence-corrected chi connectivity index (χ0v) is 9.68. The maximum absolute atomic E-state index is 10.6. The summed E-state index contributed by atoms with van der Waals surface area (Å²) in [6.07, 6.45) is 1.80. The highest BCUT2D eigenvalue weighted by molar-refractivity contribution is 7.15. The van der Waals surface area contributed by atoms with E-state index in [0.29, 0.717) is 23.3 Å². The quantitative estimate of drug-likeness (QED) is 0.655. The molecule has 0 saturated carbocycles. The smallest absolute Gasteiger partial charge is 0.435 e. The topological polar surface area (TPSA) is 72.8 Å². The van der Waals surface area contributed by atoms with Crippen LogP contribution in [0.15, 0.2) is 11.2 Å². The molecule has 2 rings (SSSR count). The highest BCUT2D eigenvalue weighted by Crippen LogP contribution is 2.17. The molecule has 86 valence electrons. The number of amidine groups is 1. The van der Waals surface area contributed by atoms with E-state index in [1.807, 2.05) is 0 Å². The van der Waals surface area contributed by atoms with Crippen molar-refractivity contribution in [3.63, 3.8) is 0 Å². The molecule has 0 atom stereocenters. The van der Waals surface area contributed by atoms with Gasteiger partial charge in [0.15, 0.2) is 16.9 Å².